The molecule has 0 aromatic carbocycles. The lowest BCUT2D eigenvalue weighted by Crippen LogP contribution is -2.41. The fourth-order valence-corrected chi connectivity index (χ4v) is 1.88. The minimum absolute atomic E-state index is 0.0339. The number of hydrogen-bond acceptors (Lipinski definition) is 3. The molecule has 1 heterocycles. The van der Waals surface area contributed by atoms with E-state index >= 15 is 0 Å². The van der Waals surface area contributed by atoms with Crippen LogP contribution in [-0.4, -0.2) is 37.6 Å². The van der Waals surface area contributed by atoms with Gasteiger partial charge >= 0.3 is 0 Å². The summed E-state index contributed by atoms with van der Waals surface area (Å²) in [6.45, 7) is 3.96. The summed E-state index contributed by atoms with van der Waals surface area (Å²) in [4.78, 5) is 13.5. The van der Waals surface area contributed by atoms with Crippen LogP contribution in [0.1, 0.15) is 19.8 Å². The Morgan fingerprint density at radius 1 is 1.60 bits per heavy atom. The molecule has 0 aliphatic carbocycles. The normalized spacial score (nSPS) is 19.7. The van der Waals surface area contributed by atoms with Gasteiger partial charge in [-0.05, 0) is 25.7 Å². The van der Waals surface area contributed by atoms with Crippen LogP contribution in [0.15, 0.2) is 0 Å². The average molecular weight is 210 g/mol. The summed E-state index contributed by atoms with van der Waals surface area (Å²) in [5.41, 5.74) is 0. The van der Waals surface area contributed by atoms with E-state index in [9.17, 15) is 4.79 Å². The fourth-order valence-electron chi connectivity index (χ4n) is 1.88. The maximum Gasteiger partial charge on any atom is 0.239 e. The monoisotopic (exact) mass is 210 g/mol. The van der Waals surface area contributed by atoms with E-state index in [4.69, 9.17) is 10.00 Å². The highest BCUT2D eigenvalue weighted by atomic mass is 16.5. The Kier molecular flexibility index (Phi) is 4.57. The van der Waals surface area contributed by atoms with Crippen molar-refractivity contribution in [2.24, 2.45) is 11.8 Å². The molecule has 4 heteroatoms. The van der Waals surface area contributed by atoms with Crippen LogP contribution < -0.4 is 0 Å². The SMILES string of the molecule is COCC1CCN(C(=O)C(C)C#N)CC1. The van der Waals surface area contributed by atoms with Crippen molar-refractivity contribution in [1.82, 2.24) is 4.90 Å². The molecule has 0 aromatic heterocycles. The second-order valence-corrected chi connectivity index (χ2v) is 4.07. The summed E-state index contributed by atoms with van der Waals surface area (Å²) in [5, 5.41) is 8.65. The smallest absolute Gasteiger partial charge is 0.239 e. The molecule has 0 N–H and O–H groups in total. The number of nitrogens with zero attached hydrogens (tertiary/aromatic N) is 2. The second kappa shape index (κ2) is 5.72. The van der Waals surface area contributed by atoms with Gasteiger partial charge in [-0.2, -0.15) is 5.26 Å². The van der Waals surface area contributed by atoms with Crippen LogP contribution in [0.4, 0.5) is 0 Å². The van der Waals surface area contributed by atoms with Crippen molar-refractivity contribution in [2.45, 2.75) is 19.8 Å². The first-order chi connectivity index (χ1) is 7.19. The molecule has 1 unspecified atom stereocenters. The van der Waals surface area contributed by atoms with Crippen LogP contribution in [0.3, 0.4) is 0 Å². The van der Waals surface area contributed by atoms with E-state index in [2.05, 4.69) is 0 Å². The number of hydrogen-bond donors (Lipinski definition) is 0. The van der Waals surface area contributed by atoms with E-state index in [1.54, 1.807) is 18.9 Å². The van der Waals surface area contributed by atoms with Gasteiger partial charge in [0, 0.05) is 26.8 Å². The molecular formula is C11H18N2O2. The van der Waals surface area contributed by atoms with Crippen molar-refractivity contribution in [2.75, 3.05) is 26.8 Å². The first-order valence-corrected chi connectivity index (χ1v) is 5.36. The Morgan fingerprint density at radius 2 is 2.20 bits per heavy atom. The lowest BCUT2D eigenvalue weighted by atomic mass is 9.97. The third kappa shape index (κ3) is 3.21. The van der Waals surface area contributed by atoms with Gasteiger partial charge in [0.15, 0.2) is 0 Å². The van der Waals surface area contributed by atoms with Crippen molar-refractivity contribution in [1.29, 1.82) is 5.26 Å². The van der Waals surface area contributed by atoms with E-state index in [-0.39, 0.29) is 5.91 Å². The summed E-state index contributed by atoms with van der Waals surface area (Å²) < 4.78 is 5.09. The lowest BCUT2D eigenvalue weighted by molar-refractivity contribution is -0.134. The molecule has 0 radical (unpaired) electrons. The largest absolute Gasteiger partial charge is 0.384 e. The van der Waals surface area contributed by atoms with Crippen LogP contribution in [0.25, 0.3) is 0 Å². The van der Waals surface area contributed by atoms with E-state index < -0.39 is 5.92 Å². The fraction of sp³-hybridized carbons (Fsp3) is 0.818. The van der Waals surface area contributed by atoms with Gasteiger partial charge in [-0.15, -0.1) is 0 Å². The van der Waals surface area contributed by atoms with Crippen molar-refractivity contribution >= 4 is 5.91 Å². The molecule has 1 aliphatic rings. The number of amides is 1. The highest BCUT2D eigenvalue weighted by molar-refractivity contribution is 5.80. The second-order valence-electron chi connectivity index (χ2n) is 4.07. The summed E-state index contributed by atoms with van der Waals surface area (Å²) in [6, 6.07) is 1.98. The van der Waals surface area contributed by atoms with Gasteiger partial charge in [0.05, 0.1) is 6.07 Å². The Bertz CT molecular complexity index is 252. The topological polar surface area (TPSA) is 53.3 Å². The van der Waals surface area contributed by atoms with E-state index in [0.29, 0.717) is 5.92 Å². The molecule has 1 fully saturated rings. The Labute approximate surface area is 90.8 Å². The van der Waals surface area contributed by atoms with Crippen molar-refractivity contribution in [3.05, 3.63) is 0 Å². The van der Waals surface area contributed by atoms with Crippen LogP contribution >= 0.6 is 0 Å². The van der Waals surface area contributed by atoms with Crippen LogP contribution in [-0.2, 0) is 9.53 Å². The average Bonchev–Trinajstić information content (AvgIpc) is 2.28. The predicted octanol–water partition coefficient (Wildman–Crippen LogP) is 1.03. The van der Waals surface area contributed by atoms with Gasteiger partial charge in [-0.1, -0.05) is 0 Å². The number of carbonyl (C=O) groups is 1. The molecule has 1 aliphatic heterocycles. The Hall–Kier alpha value is -1.08. The number of ether oxygens (including phenoxy) is 1. The highest BCUT2D eigenvalue weighted by Crippen LogP contribution is 2.18. The van der Waals surface area contributed by atoms with Crippen molar-refractivity contribution in [3.63, 3.8) is 0 Å². The molecule has 1 saturated heterocycles. The first-order valence-electron chi connectivity index (χ1n) is 5.36. The Balaban J connectivity index is 2.37. The zero-order valence-electron chi connectivity index (χ0n) is 9.40. The number of methoxy groups -OCH3 is 1. The summed E-state index contributed by atoms with van der Waals surface area (Å²) >= 11 is 0. The van der Waals surface area contributed by atoms with Crippen molar-refractivity contribution in [3.8, 4) is 6.07 Å². The maximum absolute atomic E-state index is 11.7. The third-order valence-electron chi connectivity index (χ3n) is 2.89. The molecule has 1 amide bonds. The van der Waals surface area contributed by atoms with Crippen LogP contribution in [0.2, 0.25) is 0 Å². The third-order valence-corrected chi connectivity index (χ3v) is 2.89. The molecule has 15 heavy (non-hydrogen) atoms. The zero-order valence-corrected chi connectivity index (χ0v) is 9.40. The molecule has 1 rings (SSSR count). The van der Waals surface area contributed by atoms with E-state index in [0.717, 1.165) is 32.5 Å². The molecule has 84 valence electrons. The minimum atomic E-state index is -0.510. The van der Waals surface area contributed by atoms with Gasteiger partial charge in [0.25, 0.3) is 0 Å². The van der Waals surface area contributed by atoms with Gasteiger partial charge in [0.1, 0.15) is 5.92 Å². The highest BCUT2D eigenvalue weighted by Gasteiger charge is 2.25. The van der Waals surface area contributed by atoms with Gasteiger partial charge in [-0.25, -0.2) is 0 Å². The van der Waals surface area contributed by atoms with Gasteiger partial charge in [-0.3, -0.25) is 4.79 Å². The summed E-state index contributed by atoms with van der Waals surface area (Å²) in [6.07, 6.45) is 1.97. The lowest BCUT2D eigenvalue weighted by Gasteiger charge is -2.32. The van der Waals surface area contributed by atoms with Crippen LogP contribution in [0.5, 0.6) is 0 Å². The molecular weight excluding hydrogens is 192 g/mol. The summed E-state index contributed by atoms with van der Waals surface area (Å²) in [7, 11) is 1.70. The van der Waals surface area contributed by atoms with E-state index in [1.165, 1.54) is 0 Å². The standard InChI is InChI=1S/C11H18N2O2/c1-9(7-12)11(14)13-5-3-10(4-6-13)8-15-2/h9-10H,3-6,8H2,1-2H3. The van der Waals surface area contributed by atoms with Gasteiger partial charge in [0.2, 0.25) is 5.91 Å². The number of piperidine rings is 1. The number of nitriles is 1. The molecule has 0 bridgehead atoms. The first kappa shape index (κ1) is 12.0. The number of likely N-dealkylation sites (tertiary alicyclic amines) is 1. The predicted molar refractivity (Wildman–Crippen MR) is 56.0 cm³/mol. The van der Waals surface area contributed by atoms with E-state index in [1.807, 2.05) is 6.07 Å². The minimum Gasteiger partial charge on any atom is -0.384 e. The number of rotatable bonds is 3. The number of carbonyl (C=O) groups excluding carboxylic acids is 1. The summed E-state index contributed by atoms with van der Waals surface area (Å²) in [5.74, 6) is 0.0220. The zero-order chi connectivity index (χ0) is 11.3. The molecule has 0 saturated carbocycles. The molecule has 0 spiro atoms. The van der Waals surface area contributed by atoms with Crippen molar-refractivity contribution < 1.29 is 9.53 Å². The molecule has 1 atom stereocenters. The van der Waals surface area contributed by atoms with Crippen LogP contribution in [0, 0.1) is 23.2 Å². The molecule has 4 nitrogen and oxygen atoms in total. The van der Waals surface area contributed by atoms with Gasteiger partial charge < -0.3 is 9.64 Å². The maximum atomic E-state index is 11.7. The molecule has 0 aromatic rings. The quantitative estimate of drug-likeness (QED) is 0.699. The Morgan fingerprint density at radius 3 is 2.67 bits per heavy atom.